The van der Waals surface area contributed by atoms with Gasteiger partial charge < -0.3 is 10.2 Å². The lowest BCUT2D eigenvalue weighted by molar-refractivity contribution is 0.261. The number of hydrogen-bond donors (Lipinski definition) is 1. The smallest absolute Gasteiger partial charge is 0.00189 e. The molecule has 2 nitrogen and oxygen atoms in total. The Morgan fingerprint density at radius 2 is 1.65 bits per heavy atom. The van der Waals surface area contributed by atoms with E-state index in [4.69, 9.17) is 0 Å². The van der Waals surface area contributed by atoms with E-state index in [1.54, 1.807) is 0 Å². The normalized spacial score (nSPS) is 12.7. The van der Waals surface area contributed by atoms with Crippen LogP contribution in [0.3, 0.4) is 0 Å². The minimum atomic E-state index is 0.871. The van der Waals surface area contributed by atoms with Gasteiger partial charge in [0.25, 0.3) is 0 Å². The molecule has 1 aromatic rings. The predicted octanol–water partition coefficient (Wildman–Crippen LogP) is 4.53. The van der Waals surface area contributed by atoms with Crippen molar-refractivity contribution < 1.29 is 0 Å². The van der Waals surface area contributed by atoms with Crippen LogP contribution in [0.2, 0.25) is 0 Å². The Labute approximate surface area is 144 Å². The van der Waals surface area contributed by atoms with E-state index in [2.05, 4.69) is 55.4 Å². The molecule has 2 heteroatoms. The van der Waals surface area contributed by atoms with Gasteiger partial charge in [0.15, 0.2) is 0 Å². The SMILES string of the molecule is CCCCCC(CC)CN(C)CCc1ccc(CCNC)cc1. The summed E-state index contributed by atoms with van der Waals surface area (Å²) in [7, 11) is 4.29. The molecule has 23 heavy (non-hydrogen) atoms. The third-order valence-electron chi connectivity index (χ3n) is 4.83. The summed E-state index contributed by atoms with van der Waals surface area (Å²) >= 11 is 0. The average Bonchev–Trinajstić information content (AvgIpc) is 2.58. The Balaban J connectivity index is 2.29. The Bertz CT molecular complexity index is 385. The monoisotopic (exact) mass is 318 g/mol. The fourth-order valence-electron chi connectivity index (χ4n) is 3.10. The second-order valence-corrected chi connectivity index (χ2v) is 6.95. The van der Waals surface area contributed by atoms with E-state index >= 15 is 0 Å². The van der Waals surface area contributed by atoms with Gasteiger partial charge in [-0.15, -0.1) is 0 Å². The van der Waals surface area contributed by atoms with Crippen molar-refractivity contribution in [3.05, 3.63) is 35.4 Å². The van der Waals surface area contributed by atoms with Gasteiger partial charge in [0, 0.05) is 13.1 Å². The van der Waals surface area contributed by atoms with E-state index in [-0.39, 0.29) is 0 Å². The summed E-state index contributed by atoms with van der Waals surface area (Å²) in [5.41, 5.74) is 2.89. The van der Waals surface area contributed by atoms with Gasteiger partial charge in [-0.3, -0.25) is 0 Å². The number of benzene rings is 1. The fourth-order valence-corrected chi connectivity index (χ4v) is 3.10. The quantitative estimate of drug-likeness (QED) is 0.538. The first-order valence-electron chi connectivity index (χ1n) is 9.60. The van der Waals surface area contributed by atoms with Crippen molar-refractivity contribution in [2.75, 3.05) is 33.7 Å². The van der Waals surface area contributed by atoms with Gasteiger partial charge in [0.05, 0.1) is 0 Å². The number of unbranched alkanes of at least 4 members (excludes halogenated alkanes) is 2. The highest BCUT2D eigenvalue weighted by Crippen LogP contribution is 2.15. The van der Waals surface area contributed by atoms with E-state index in [1.165, 1.54) is 56.3 Å². The van der Waals surface area contributed by atoms with Crippen molar-refractivity contribution in [2.24, 2.45) is 5.92 Å². The molecule has 0 bridgehead atoms. The lowest BCUT2D eigenvalue weighted by Crippen LogP contribution is -2.27. The zero-order chi connectivity index (χ0) is 16.9. The van der Waals surface area contributed by atoms with Gasteiger partial charge in [-0.25, -0.2) is 0 Å². The van der Waals surface area contributed by atoms with E-state index in [1.807, 2.05) is 7.05 Å². The molecule has 0 saturated heterocycles. The summed E-state index contributed by atoms with van der Waals surface area (Å²) in [6.45, 7) is 8.10. The van der Waals surface area contributed by atoms with Crippen LogP contribution >= 0.6 is 0 Å². The van der Waals surface area contributed by atoms with Crippen molar-refractivity contribution in [3.63, 3.8) is 0 Å². The molecule has 132 valence electrons. The molecular formula is C21H38N2. The van der Waals surface area contributed by atoms with Crippen LogP contribution in [0.15, 0.2) is 24.3 Å². The molecule has 1 unspecified atom stereocenters. The summed E-state index contributed by atoms with van der Waals surface area (Å²) < 4.78 is 0. The Hall–Kier alpha value is -0.860. The Morgan fingerprint density at radius 3 is 2.22 bits per heavy atom. The van der Waals surface area contributed by atoms with E-state index in [0.717, 1.165) is 25.3 Å². The lowest BCUT2D eigenvalue weighted by Gasteiger charge is -2.23. The topological polar surface area (TPSA) is 15.3 Å². The van der Waals surface area contributed by atoms with Gasteiger partial charge in [-0.05, 0) is 56.9 Å². The van der Waals surface area contributed by atoms with Crippen LogP contribution in [0.5, 0.6) is 0 Å². The van der Waals surface area contributed by atoms with Crippen LogP contribution in [-0.4, -0.2) is 38.6 Å². The number of rotatable bonds is 13. The van der Waals surface area contributed by atoms with E-state index in [0.29, 0.717) is 0 Å². The number of nitrogens with zero attached hydrogens (tertiary/aromatic N) is 1. The second-order valence-electron chi connectivity index (χ2n) is 6.95. The summed E-state index contributed by atoms with van der Waals surface area (Å²) in [6.07, 6.45) is 9.11. The van der Waals surface area contributed by atoms with Gasteiger partial charge in [-0.2, -0.15) is 0 Å². The van der Waals surface area contributed by atoms with Crippen LogP contribution in [0.25, 0.3) is 0 Å². The van der Waals surface area contributed by atoms with Gasteiger partial charge >= 0.3 is 0 Å². The van der Waals surface area contributed by atoms with Gasteiger partial charge in [0.1, 0.15) is 0 Å². The maximum atomic E-state index is 3.21. The predicted molar refractivity (Wildman–Crippen MR) is 103 cm³/mol. The molecule has 0 heterocycles. The molecule has 0 saturated carbocycles. The lowest BCUT2D eigenvalue weighted by atomic mass is 9.98. The van der Waals surface area contributed by atoms with Crippen molar-refractivity contribution in [1.82, 2.24) is 10.2 Å². The van der Waals surface area contributed by atoms with Gasteiger partial charge in [0.2, 0.25) is 0 Å². The maximum absolute atomic E-state index is 3.21. The molecule has 0 fully saturated rings. The molecule has 0 amide bonds. The molecule has 1 rings (SSSR count). The molecular weight excluding hydrogens is 280 g/mol. The van der Waals surface area contributed by atoms with E-state index in [9.17, 15) is 0 Å². The van der Waals surface area contributed by atoms with Crippen LogP contribution in [0.4, 0.5) is 0 Å². The number of likely N-dealkylation sites (N-methyl/N-ethyl adjacent to an activating group) is 2. The molecule has 0 aromatic heterocycles. The van der Waals surface area contributed by atoms with Crippen LogP contribution < -0.4 is 5.32 Å². The molecule has 1 atom stereocenters. The molecule has 0 aliphatic heterocycles. The van der Waals surface area contributed by atoms with Crippen molar-refractivity contribution in [3.8, 4) is 0 Å². The van der Waals surface area contributed by atoms with Crippen LogP contribution in [0, 0.1) is 5.92 Å². The van der Waals surface area contributed by atoms with Crippen molar-refractivity contribution in [2.45, 2.75) is 58.8 Å². The molecule has 0 radical (unpaired) electrons. The van der Waals surface area contributed by atoms with Crippen molar-refractivity contribution >= 4 is 0 Å². The Morgan fingerprint density at radius 1 is 1.00 bits per heavy atom. The van der Waals surface area contributed by atoms with Crippen LogP contribution in [0.1, 0.15) is 57.1 Å². The third-order valence-corrected chi connectivity index (χ3v) is 4.83. The fraction of sp³-hybridized carbons (Fsp3) is 0.714. The maximum Gasteiger partial charge on any atom is 0.00189 e. The minimum absolute atomic E-state index is 0.871. The second kappa shape index (κ2) is 12.5. The summed E-state index contributed by atoms with van der Waals surface area (Å²) in [5.74, 6) is 0.871. The zero-order valence-electron chi connectivity index (χ0n) is 15.9. The first-order chi connectivity index (χ1) is 11.2. The first kappa shape index (κ1) is 20.2. The third kappa shape index (κ3) is 9.12. The first-order valence-corrected chi connectivity index (χ1v) is 9.60. The van der Waals surface area contributed by atoms with Gasteiger partial charge in [-0.1, -0.05) is 63.8 Å². The molecule has 1 aromatic carbocycles. The van der Waals surface area contributed by atoms with Crippen LogP contribution in [-0.2, 0) is 12.8 Å². The summed E-state index contributed by atoms with van der Waals surface area (Å²) in [4.78, 5) is 2.52. The summed E-state index contributed by atoms with van der Waals surface area (Å²) in [6, 6.07) is 9.17. The highest BCUT2D eigenvalue weighted by molar-refractivity contribution is 5.23. The molecule has 0 aliphatic rings. The van der Waals surface area contributed by atoms with E-state index < -0.39 is 0 Å². The standard InChI is InChI=1S/C21H38N2/c1-5-7-8-9-19(6-2)18-23(4)17-15-21-12-10-20(11-13-21)14-16-22-3/h10-13,19,22H,5-9,14-18H2,1-4H3. The zero-order valence-corrected chi connectivity index (χ0v) is 15.9. The Kier molecular flexibility index (Phi) is 11.0. The summed E-state index contributed by atoms with van der Waals surface area (Å²) in [5, 5.41) is 3.21. The number of nitrogens with one attached hydrogen (secondary N) is 1. The average molecular weight is 319 g/mol. The molecule has 0 spiro atoms. The highest BCUT2D eigenvalue weighted by Gasteiger charge is 2.09. The largest absolute Gasteiger partial charge is 0.319 e. The minimum Gasteiger partial charge on any atom is -0.319 e. The molecule has 0 aliphatic carbocycles. The number of hydrogen-bond acceptors (Lipinski definition) is 2. The molecule has 1 N–H and O–H groups in total. The van der Waals surface area contributed by atoms with Crippen molar-refractivity contribution in [1.29, 1.82) is 0 Å². The highest BCUT2D eigenvalue weighted by atomic mass is 15.1.